The average molecular weight is 335 g/mol. The van der Waals surface area contributed by atoms with Gasteiger partial charge in [-0.05, 0) is 42.8 Å². The van der Waals surface area contributed by atoms with Crippen molar-refractivity contribution in [2.45, 2.75) is 13.5 Å². The molecule has 0 radical (unpaired) electrons. The second-order valence-electron chi connectivity index (χ2n) is 6.59. The summed E-state index contributed by atoms with van der Waals surface area (Å²) in [5, 5.41) is 1.18. The van der Waals surface area contributed by atoms with E-state index in [4.69, 9.17) is 4.42 Å². The van der Waals surface area contributed by atoms with Crippen molar-refractivity contribution in [1.82, 2.24) is 14.8 Å². The topological polar surface area (TPSA) is 49.6 Å². The van der Waals surface area contributed by atoms with Crippen molar-refractivity contribution in [3.63, 3.8) is 0 Å². The number of fused-ring (bicyclic) bond motifs is 1. The molecule has 1 saturated heterocycles. The molecule has 4 rings (SSSR count). The van der Waals surface area contributed by atoms with E-state index in [-0.39, 0.29) is 5.91 Å². The zero-order valence-corrected chi connectivity index (χ0v) is 14.3. The molecule has 0 spiro atoms. The zero-order valence-electron chi connectivity index (χ0n) is 14.3. The fourth-order valence-electron chi connectivity index (χ4n) is 3.31. The Kier molecular flexibility index (Phi) is 4.24. The minimum absolute atomic E-state index is 0.0208. The van der Waals surface area contributed by atoms with E-state index in [1.807, 2.05) is 11.1 Å². The Morgan fingerprint density at radius 1 is 1.16 bits per heavy atom. The maximum absolute atomic E-state index is 12.3. The molecular formula is C20H21N3O2. The maximum atomic E-state index is 12.3. The van der Waals surface area contributed by atoms with E-state index >= 15 is 0 Å². The van der Waals surface area contributed by atoms with Crippen LogP contribution in [0.5, 0.6) is 0 Å². The van der Waals surface area contributed by atoms with Crippen molar-refractivity contribution in [2.24, 2.45) is 0 Å². The molecule has 3 aromatic rings. The van der Waals surface area contributed by atoms with Crippen LogP contribution in [0.3, 0.4) is 0 Å². The van der Waals surface area contributed by atoms with Crippen molar-refractivity contribution >= 4 is 16.8 Å². The molecule has 1 aliphatic rings. The fraction of sp³-hybridized carbons (Fsp3) is 0.300. The molecule has 1 aliphatic heterocycles. The number of hydrogen-bond donors (Lipinski definition) is 0. The van der Waals surface area contributed by atoms with Crippen molar-refractivity contribution in [3.8, 4) is 0 Å². The first-order valence-corrected chi connectivity index (χ1v) is 8.59. The average Bonchev–Trinajstić information content (AvgIpc) is 3.16. The molecular weight excluding hydrogens is 314 g/mol. The Hall–Kier alpha value is -2.66. The summed E-state index contributed by atoms with van der Waals surface area (Å²) in [6.07, 6.45) is 3.50. The molecule has 128 valence electrons. The van der Waals surface area contributed by atoms with Crippen molar-refractivity contribution in [3.05, 3.63) is 65.7 Å². The number of aryl methyl sites for hydroxylation is 1. The summed E-state index contributed by atoms with van der Waals surface area (Å²) in [6, 6.07) is 12.0. The highest BCUT2D eigenvalue weighted by atomic mass is 16.3. The third-order valence-corrected chi connectivity index (χ3v) is 4.69. The van der Waals surface area contributed by atoms with Crippen LogP contribution in [0.4, 0.5) is 0 Å². The molecule has 25 heavy (non-hydrogen) atoms. The van der Waals surface area contributed by atoms with Crippen LogP contribution in [0, 0.1) is 6.92 Å². The van der Waals surface area contributed by atoms with Crippen LogP contribution >= 0.6 is 0 Å². The summed E-state index contributed by atoms with van der Waals surface area (Å²) in [6.45, 7) is 6.12. The number of amides is 1. The number of benzene rings is 1. The first kappa shape index (κ1) is 15.8. The van der Waals surface area contributed by atoms with E-state index in [2.05, 4.69) is 41.1 Å². The van der Waals surface area contributed by atoms with Crippen LogP contribution in [-0.2, 0) is 6.54 Å². The van der Waals surface area contributed by atoms with Crippen molar-refractivity contribution in [1.29, 1.82) is 0 Å². The van der Waals surface area contributed by atoms with Gasteiger partial charge in [-0.25, -0.2) is 0 Å². The summed E-state index contributed by atoms with van der Waals surface area (Å²) in [4.78, 5) is 21.1. The van der Waals surface area contributed by atoms with Gasteiger partial charge in [-0.1, -0.05) is 11.6 Å². The molecule has 5 nitrogen and oxygen atoms in total. The number of carbonyl (C=O) groups excluding carboxylic acids is 1. The maximum Gasteiger partial charge on any atom is 0.289 e. The van der Waals surface area contributed by atoms with E-state index in [0.29, 0.717) is 5.76 Å². The monoisotopic (exact) mass is 335 g/mol. The summed E-state index contributed by atoms with van der Waals surface area (Å²) >= 11 is 0. The highest BCUT2D eigenvalue weighted by Gasteiger charge is 2.23. The smallest absolute Gasteiger partial charge is 0.289 e. The zero-order chi connectivity index (χ0) is 17.2. The lowest BCUT2D eigenvalue weighted by Gasteiger charge is -2.34. The first-order valence-electron chi connectivity index (χ1n) is 8.59. The molecule has 0 bridgehead atoms. The van der Waals surface area contributed by atoms with E-state index in [9.17, 15) is 4.79 Å². The van der Waals surface area contributed by atoms with Gasteiger partial charge in [0.1, 0.15) is 0 Å². The summed E-state index contributed by atoms with van der Waals surface area (Å²) in [5.41, 5.74) is 3.49. The van der Waals surface area contributed by atoms with Crippen molar-refractivity contribution < 1.29 is 9.21 Å². The Morgan fingerprint density at radius 2 is 2.00 bits per heavy atom. The van der Waals surface area contributed by atoms with Crippen LogP contribution in [0.25, 0.3) is 10.9 Å². The van der Waals surface area contributed by atoms with Crippen LogP contribution in [0.1, 0.15) is 21.7 Å². The lowest BCUT2D eigenvalue weighted by atomic mass is 10.1. The van der Waals surface area contributed by atoms with Gasteiger partial charge >= 0.3 is 0 Å². The van der Waals surface area contributed by atoms with E-state index < -0.39 is 0 Å². The highest BCUT2D eigenvalue weighted by Crippen LogP contribution is 2.17. The van der Waals surface area contributed by atoms with Gasteiger partial charge in [-0.3, -0.25) is 14.7 Å². The van der Waals surface area contributed by atoms with Crippen LogP contribution < -0.4 is 0 Å². The minimum atomic E-state index is -0.0208. The van der Waals surface area contributed by atoms with Gasteiger partial charge in [0.2, 0.25) is 0 Å². The lowest BCUT2D eigenvalue weighted by molar-refractivity contribution is 0.0598. The number of rotatable bonds is 3. The van der Waals surface area contributed by atoms with Gasteiger partial charge in [0.05, 0.1) is 11.8 Å². The fourth-order valence-corrected chi connectivity index (χ4v) is 3.31. The molecule has 0 unspecified atom stereocenters. The third kappa shape index (κ3) is 3.42. The summed E-state index contributed by atoms with van der Waals surface area (Å²) in [5.74, 6) is 0.398. The molecule has 3 heterocycles. The molecule has 2 aromatic heterocycles. The summed E-state index contributed by atoms with van der Waals surface area (Å²) < 4.78 is 5.21. The lowest BCUT2D eigenvalue weighted by Crippen LogP contribution is -2.48. The van der Waals surface area contributed by atoms with Gasteiger partial charge in [-0.2, -0.15) is 0 Å². The third-order valence-electron chi connectivity index (χ3n) is 4.69. The minimum Gasteiger partial charge on any atom is -0.459 e. The van der Waals surface area contributed by atoms with Gasteiger partial charge in [0.25, 0.3) is 5.91 Å². The van der Waals surface area contributed by atoms with E-state index in [1.165, 1.54) is 22.8 Å². The SMILES string of the molecule is Cc1ccc2ncc(CN3CCN(C(=O)c4ccco4)CC3)cc2c1. The van der Waals surface area contributed by atoms with Gasteiger partial charge in [0, 0.05) is 44.3 Å². The van der Waals surface area contributed by atoms with Crippen LogP contribution in [0.15, 0.2) is 53.3 Å². The van der Waals surface area contributed by atoms with Gasteiger partial charge in [0.15, 0.2) is 5.76 Å². The normalized spacial score (nSPS) is 15.6. The predicted octanol–water partition coefficient (Wildman–Crippen LogP) is 3.09. The molecule has 0 saturated carbocycles. The van der Waals surface area contributed by atoms with Gasteiger partial charge < -0.3 is 9.32 Å². The Morgan fingerprint density at radius 3 is 2.76 bits per heavy atom. The van der Waals surface area contributed by atoms with Crippen LogP contribution in [0.2, 0.25) is 0 Å². The molecule has 1 aromatic carbocycles. The van der Waals surface area contributed by atoms with E-state index in [1.54, 1.807) is 12.1 Å². The number of carbonyl (C=O) groups is 1. The quantitative estimate of drug-likeness (QED) is 0.738. The number of hydrogen-bond acceptors (Lipinski definition) is 4. The number of nitrogens with zero attached hydrogens (tertiary/aromatic N) is 3. The largest absolute Gasteiger partial charge is 0.459 e. The van der Waals surface area contributed by atoms with Gasteiger partial charge in [-0.15, -0.1) is 0 Å². The van der Waals surface area contributed by atoms with Crippen LogP contribution in [-0.4, -0.2) is 46.9 Å². The Labute approximate surface area is 146 Å². The summed E-state index contributed by atoms with van der Waals surface area (Å²) in [7, 11) is 0. The molecule has 0 atom stereocenters. The first-order chi connectivity index (χ1) is 12.2. The molecule has 1 fully saturated rings. The Balaban J connectivity index is 1.39. The number of aromatic nitrogens is 1. The molecule has 1 amide bonds. The van der Waals surface area contributed by atoms with E-state index in [0.717, 1.165) is 38.2 Å². The standard InChI is InChI=1S/C20H21N3O2/c1-15-4-5-18-17(11-15)12-16(13-21-18)14-22-6-8-23(9-7-22)20(24)19-3-2-10-25-19/h2-5,10-13H,6-9,14H2,1H3. The predicted molar refractivity (Wildman–Crippen MR) is 96.4 cm³/mol. The number of piperazine rings is 1. The number of pyridine rings is 1. The molecule has 0 N–H and O–H groups in total. The highest BCUT2D eigenvalue weighted by molar-refractivity contribution is 5.91. The van der Waals surface area contributed by atoms with Crippen molar-refractivity contribution in [2.75, 3.05) is 26.2 Å². The second kappa shape index (κ2) is 6.69. The molecule has 0 aliphatic carbocycles. The Bertz CT molecular complexity index is 881. The second-order valence-corrected chi connectivity index (χ2v) is 6.59. The number of furan rings is 1. The molecule has 5 heteroatoms.